The number of methoxy groups -OCH3 is 1. The minimum atomic E-state index is -0.933. The van der Waals surface area contributed by atoms with Crippen LogP contribution in [0.4, 0.5) is 0 Å². The Kier molecular flexibility index (Phi) is 7.21. The van der Waals surface area contributed by atoms with Crippen molar-refractivity contribution in [2.75, 3.05) is 13.7 Å². The van der Waals surface area contributed by atoms with Gasteiger partial charge >= 0.3 is 11.9 Å². The van der Waals surface area contributed by atoms with Crippen LogP contribution in [0.25, 0.3) is 0 Å². The second-order valence-electron chi connectivity index (χ2n) is 2.48. The van der Waals surface area contributed by atoms with Gasteiger partial charge in [-0.1, -0.05) is 6.07 Å². The fourth-order valence-corrected chi connectivity index (χ4v) is 1.38. The van der Waals surface area contributed by atoms with E-state index in [4.69, 9.17) is 10.2 Å². The number of carboxylic acids is 2. The van der Waals surface area contributed by atoms with Crippen LogP contribution >= 0.6 is 11.3 Å². The first-order valence-corrected chi connectivity index (χ1v) is 4.89. The molecule has 0 spiro atoms. The Morgan fingerprint density at radius 2 is 2.07 bits per heavy atom. The molecular formula is C9H12O5S. The molecule has 1 aromatic rings. The van der Waals surface area contributed by atoms with Gasteiger partial charge in [0.15, 0.2) is 0 Å². The summed E-state index contributed by atoms with van der Waals surface area (Å²) in [5.74, 6) is -1.70. The zero-order valence-corrected chi connectivity index (χ0v) is 8.99. The van der Waals surface area contributed by atoms with Gasteiger partial charge in [-0.05, 0) is 11.4 Å². The molecule has 0 aromatic carbocycles. The SMILES string of the molecule is COCC(=O)O.O=C(O)Cc1cccs1. The summed E-state index contributed by atoms with van der Waals surface area (Å²) < 4.78 is 4.20. The second-order valence-corrected chi connectivity index (χ2v) is 3.51. The second kappa shape index (κ2) is 7.95. The lowest BCUT2D eigenvalue weighted by molar-refractivity contribution is -0.141. The highest BCUT2D eigenvalue weighted by Crippen LogP contribution is 2.08. The lowest BCUT2D eigenvalue weighted by Crippen LogP contribution is -2.02. The number of carboxylic acid groups (broad SMARTS) is 2. The molecule has 0 amide bonds. The molecule has 15 heavy (non-hydrogen) atoms. The van der Waals surface area contributed by atoms with Crippen molar-refractivity contribution in [3.05, 3.63) is 22.4 Å². The molecule has 1 aromatic heterocycles. The maximum Gasteiger partial charge on any atom is 0.329 e. The van der Waals surface area contributed by atoms with Crippen LogP contribution in [-0.4, -0.2) is 35.9 Å². The van der Waals surface area contributed by atoms with Gasteiger partial charge in [0.2, 0.25) is 0 Å². The highest BCUT2D eigenvalue weighted by Gasteiger charge is 1.98. The highest BCUT2D eigenvalue weighted by atomic mass is 32.1. The predicted octanol–water partition coefficient (Wildman–Crippen LogP) is 1.09. The third-order valence-electron chi connectivity index (χ3n) is 1.17. The Morgan fingerprint density at radius 3 is 2.33 bits per heavy atom. The maximum atomic E-state index is 10.1. The van der Waals surface area contributed by atoms with Crippen molar-refractivity contribution >= 4 is 23.3 Å². The van der Waals surface area contributed by atoms with Gasteiger partial charge in [-0.15, -0.1) is 11.3 Å². The first kappa shape index (κ1) is 13.6. The zero-order chi connectivity index (χ0) is 11.7. The molecule has 1 rings (SSSR count). The molecule has 0 atom stereocenters. The van der Waals surface area contributed by atoms with Crippen LogP contribution in [0.2, 0.25) is 0 Å². The average molecular weight is 232 g/mol. The summed E-state index contributed by atoms with van der Waals surface area (Å²) in [5, 5.41) is 18.0. The number of thiophene rings is 1. The van der Waals surface area contributed by atoms with Crippen molar-refractivity contribution in [2.24, 2.45) is 0 Å². The minimum absolute atomic E-state index is 0.150. The number of aliphatic carboxylic acids is 2. The molecule has 0 saturated carbocycles. The number of rotatable bonds is 4. The molecule has 1 heterocycles. The van der Waals surface area contributed by atoms with Crippen LogP contribution < -0.4 is 0 Å². The average Bonchev–Trinajstić information content (AvgIpc) is 2.56. The van der Waals surface area contributed by atoms with Crippen molar-refractivity contribution in [2.45, 2.75) is 6.42 Å². The van der Waals surface area contributed by atoms with E-state index in [1.54, 1.807) is 0 Å². The molecule has 0 bridgehead atoms. The van der Waals surface area contributed by atoms with E-state index in [0.717, 1.165) is 4.88 Å². The summed E-state index contributed by atoms with van der Waals surface area (Å²) in [5.41, 5.74) is 0. The Bertz CT molecular complexity index is 293. The maximum absolute atomic E-state index is 10.1. The molecule has 0 aliphatic rings. The Labute approximate surface area is 90.9 Å². The predicted molar refractivity (Wildman–Crippen MR) is 55.2 cm³/mol. The van der Waals surface area contributed by atoms with Gasteiger partial charge in [-0.3, -0.25) is 4.79 Å². The number of ether oxygens (including phenoxy) is 1. The summed E-state index contributed by atoms with van der Waals surface area (Å²) in [6.07, 6.45) is 0.150. The Balaban J connectivity index is 0.000000288. The van der Waals surface area contributed by atoms with E-state index in [0.29, 0.717) is 0 Å². The van der Waals surface area contributed by atoms with E-state index in [9.17, 15) is 9.59 Å². The largest absolute Gasteiger partial charge is 0.481 e. The first-order chi connectivity index (χ1) is 7.06. The van der Waals surface area contributed by atoms with Gasteiger partial charge in [-0.25, -0.2) is 4.79 Å². The quantitative estimate of drug-likeness (QED) is 0.811. The van der Waals surface area contributed by atoms with Crippen LogP contribution in [0.3, 0.4) is 0 Å². The van der Waals surface area contributed by atoms with Gasteiger partial charge < -0.3 is 14.9 Å². The molecular weight excluding hydrogens is 220 g/mol. The van der Waals surface area contributed by atoms with E-state index < -0.39 is 11.9 Å². The lowest BCUT2D eigenvalue weighted by atomic mass is 10.3. The summed E-state index contributed by atoms with van der Waals surface area (Å²) >= 11 is 1.47. The molecule has 84 valence electrons. The molecule has 0 radical (unpaired) electrons. The van der Waals surface area contributed by atoms with Crippen LogP contribution in [0.5, 0.6) is 0 Å². The van der Waals surface area contributed by atoms with Crippen molar-refractivity contribution in [1.29, 1.82) is 0 Å². The van der Waals surface area contributed by atoms with Crippen LogP contribution in [0, 0.1) is 0 Å². The summed E-state index contributed by atoms with van der Waals surface area (Å²) in [7, 11) is 1.34. The Morgan fingerprint density at radius 1 is 1.40 bits per heavy atom. The third-order valence-corrected chi connectivity index (χ3v) is 2.05. The van der Waals surface area contributed by atoms with Crippen LogP contribution in [0.1, 0.15) is 4.88 Å². The zero-order valence-electron chi connectivity index (χ0n) is 8.17. The number of hydrogen-bond donors (Lipinski definition) is 2. The van der Waals surface area contributed by atoms with E-state index in [1.165, 1.54) is 18.4 Å². The third kappa shape index (κ3) is 8.92. The van der Waals surface area contributed by atoms with E-state index in [2.05, 4.69) is 4.74 Å². The minimum Gasteiger partial charge on any atom is -0.481 e. The Hall–Kier alpha value is -1.40. The van der Waals surface area contributed by atoms with E-state index in [-0.39, 0.29) is 13.0 Å². The summed E-state index contributed by atoms with van der Waals surface area (Å²) in [6.45, 7) is -0.208. The summed E-state index contributed by atoms with van der Waals surface area (Å²) in [4.78, 5) is 20.5. The first-order valence-electron chi connectivity index (χ1n) is 4.01. The molecule has 2 N–H and O–H groups in total. The smallest absolute Gasteiger partial charge is 0.329 e. The molecule has 0 unspecified atom stereocenters. The normalized spacial score (nSPS) is 8.87. The number of hydrogen-bond acceptors (Lipinski definition) is 4. The van der Waals surface area contributed by atoms with Crippen molar-refractivity contribution in [3.8, 4) is 0 Å². The van der Waals surface area contributed by atoms with E-state index >= 15 is 0 Å². The van der Waals surface area contributed by atoms with Gasteiger partial charge in [0, 0.05) is 12.0 Å². The molecule has 0 aliphatic heterocycles. The van der Waals surface area contributed by atoms with Crippen LogP contribution in [0.15, 0.2) is 17.5 Å². The fourth-order valence-electron chi connectivity index (χ4n) is 0.686. The molecule has 6 heteroatoms. The topological polar surface area (TPSA) is 83.8 Å². The van der Waals surface area contributed by atoms with Crippen molar-refractivity contribution in [1.82, 2.24) is 0 Å². The van der Waals surface area contributed by atoms with Crippen LogP contribution in [-0.2, 0) is 20.7 Å². The fraction of sp³-hybridized carbons (Fsp3) is 0.333. The van der Waals surface area contributed by atoms with E-state index in [1.807, 2.05) is 17.5 Å². The monoisotopic (exact) mass is 232 g/mol. The lowest BCUT2D eigenvalue weighted by Gasteiger charge is -1.85. The van der Waals surface area contributed by atoms with Gasteiger partial charge in [0.05, 0.1) is 6.42 Å². The number of carbonyl (C=O) groups is 2. The molecule has 0 fully saturated rings. The van der Waals surface area contributed by atoms with Crippen molar-refractivity contribution < 1.29 is 24.5 Å². The molecule has 0 aliphatic carbocycles. The van der Waals surface area contributed by atoms with Gasteiger partial charge in [0.1, 0.15) is 6.61 Å². The summed E-state index contributed by atoms with van der Waals surface area (Å²) in [6, 6.07) is 3.67. The van der Waals surface area contributed by atoms with Crippen molar-refractivity contribution in [3.63, 3.8) is 0 Å². The molecule has 0 saturated heterocycles. The van der Waals surface area contributed by atoms with Gasteiger partial charge in [-0.2, -0.15) is 0 Å². The molecule has 5 nitrogen and oxygen atoms in total. The highest BCUT2D eigenvalue weighted by molar-refractivity contribution is 7.10. The standard InChI is InChI=1S/C6H6O2S.C3H6O3/c7-6(8)4-5-2-1-3-9-5;1-6-2-3(4)5/h1-3H,4H2,(H,7,8);2H2,1H3,(H,4,5). The van der Waals surface area contributed by atoms with Gasteiger partial charge in [0.25, 0.3) is 0 Å².